The van der Waals surface area contributed by atoms with Gasteiger partial charge < -0.3 is 10.1 Å². The van der Waals surface area contributed by atoms with Gasteiger partial charge in [-0.15, -0.1) is 0 Å². The Balaban J connectivity index is 2.17. The minimum Gasteiger partial charge on any atom is -0.450 e. The predicted octanol–water partition coefficient (Wildman–Crippen LogP) is 2.51. The SMILES string of the molecule is CCCCOC(=O)NCc1cc[c]cc1. The molecule has 1 amide bonds. The molecule has 0 heterocycles. The van der Waals surface area contributed by atoms with Crippen molar-refractivity contribution >= 4 is 6.09 Å². The van der Waals surface area contributed by atoms with Gasteiger partial charge in [-0.25, -0.2) is 4.79 Å². The van der Waals surface area contributed by atoms with Gasteiger partial charge in [0.2, 0.25) is 0 Å². The van der Waals surface area contributed by atoms with E-state index in [1.807, 2.05) is 24.3 Å². The highest BCUT2D eigenvalue weighted by molar-refractivity contribution is 5.67. The van der Waals surface area contributed by atoms with Gasteiger partial charge in [-0.3, -0.25) is 0 Å². The smallest absolute Gasteiger partial charge is 0.407 e. The van der Waals surface area contributed by atoms with Crippen molar-refractivity contribution < 1.29 is 9.53 Å². The van der Waals surface area contributed by atoms with E-state index >= 15 is 0 Å². The predicted molar refractivity (Wildman–Crippen MR) is 58.4 cm³/mol. The molecule has 1 rings (SSSR count). The van der Waals surface area contributed by atoms with Crippen molar-refractivity contribution in [3.05, 3.63) is 35.9 Å². The van der Waals surface area contributed by atoms with Crippen LogP contribution in [0.2, 0.25) is 0 Å². The first-order valence-corrected chi connectivity index (χ1v) is 5.18. The number of hydrogen-bond donors (Lipinski definition) is 1. The van der Waals surface area contributed by atoms with Gasteiger partial charge in [0.15, 0.2) is 0 Å². The summed E-state index contributed by atoms with van der Waals surface area (Å²) in [5.74, 6) is 0. The molecule has 0 aliphatic carbocycles. The maximum absolute atomic E-state index is 11.2. The number of alkyl carbamates (subject to hydrolysis) is 1. The van der Waals surface area contributed by atoms with E-state index in [2.05, 4.69) is 18.3 Å². The normalized spacial score (nSPS) is 9.67. The molecule has 0 aliphatic heterocycles. The van der Waals surface area contributed by atoms with Gasteiger partial charge in [0.1, 0.15) is 0 Å². The lowest BCUT2D eigenvalue weighted by Crippen LogP contribution is -2.24. The van der Waals surface area contributed by atoms with E-state index in [0.29, 0.717) is 13.2 Å². The molecule has 0 saturated heterocycles. The number of rotatable bonds is 5. The van der Waals surface area contributed by atoms with E-state index in [4.69, 9.17) is 4.74 Å². The zero-order valence-corrected chi connectivity index (χ0v) is 8.95. The van der Waals surface area contributed by atoms with Crippen LogP contribution in [0.4, 0.5) is 4.79 Å². The first kappa shape index (κ1) is 11.6. The second-order valence-electron chi connectivity index (χ2n) is 3.25. The third-order valence-corrected chi connectivity index (χ3v) is 1.96. The summed E-state index contributed by atoms with van der Waals surface area (Å²) >= 11 is 0. The molecule has 0 spiro atoms. The Hall–Kier alpha value is -1.51. The standard InChI is InChI=1S/C12H16NO2/c1-2-3-9-15-12(14)13-10-11-7-5-4-6-8-11/h5-8H,2-3,9-10H2,1H3,(H,13,14). The minimum absolute atomic E-state index is 0.351. The molecule has 1 N–H and O–H groups in total. The van der Waals surface area contributed by atoms with Crippen LogP contribution in [0, 0.1) is 6.07 Å². The number of nitrogens with one attached hydrogen (secondary N) is 1. The summed E-state index contributed by atoms with van der Waals surface area (Å²) < 4.78 is 4.95. The second-order valence-corrected chi connectivity index (χ2v) is 3.25. The van der Waals surface area contributed by atoms with E-state index in [0.717, 1.165) is 18.4 Å². The molecule has 0 atom stereocenters. The Morgan fingerprint density at radius 3 is 2.87 bits per heavy atom. The average molecular weight is 206 g/mol. The van der Waals surface area contributed by atoms with Crippen molar-refractivity contribution in [1.82, 2.24) is 5.32 Å². The lowest BCUT2D eigenvalue weighted by molar-refractivity contribution is 0.144. The molecule has 0 aliphatic rings. The fourth-order valence-corrected chi connectivity index (χ4v) is 1.07. The van der Waals surface area contributed by atoms with E-state index in [-0.39, 0.29) is 6.09 Å². The summed E-state index contributed by atoms with van der Waals surface area (Å²) in [4.78, 5) is 11.2. The van der Waals surface area contributed by atoms with Gasteiger partial charge >= 0.3 is 6.09 Å². The van der Waals surface area contributed by atoms with E-state index in [1.54, 1.807) is 0 Å². The topological polar surface area (TPSA) is 38.3 Å². The van der Waals surface area contributed by atoms with Crippen LogP contribution in [0.1, 0.15) is 25.3 Å². The van der Waals surface area contributed by atoms with Crippen molar-refractivity contribution in [2.75, 3.05) is 6.61 Å². The maximum atomic E-state index is 11.2. The monoisotopic (exact) mass is 206 g/mol. The number of ether oxygens (including phenoxy) is 1. The molecule has 81 valence electrons. The molecule has 3 nitrogen and oxygen atoms in total. The largest absolute Gasteiger partial charge is 0.450 e. The molecule has 0 saturated carbocycles. The van der Waals surface area contributed by atoms with Crippen LogP contribution in [-0.2, 0) is 11.3 Å². The van der Waals surface area contributed by atoms with Crippen LogP contribution in [0.5, 0.6) is 0 Å². The minimum atomic E-state index is -0.351. The summed E-state index contributed by atoms with van der Waals surface area (Å²) in [6.45, 7) is 3.05. The van der Waals surface area contributed by atoms with Crippen LogP contribution >= 0.6 is 0 Å². The van der Waals surface area contributed by atoms with Crippen molar-refractivity contribution in [3.8, 4) is 0 Å². The van der Waals surface area contributed by atoms with Crippen LogP contribution in [0.25, 0.3) is 0 Å². The Labute approximate surface area is 90.4 Å². The number of hydrogen-bond acceptors (Lipinski definition) is 2. The summed E-state index contributed by atoms with van der Waals surface area (Å²) in [5, 5.41) is 2.68. The second kappa shape index (κ2) is 6.87. The van der Waals surface area contributed by atoms with Gasteiger partial charge in [-0.1, -0.05) is 37.6 Å². The van der Waals surface area contributed by atoms with Gasteiger partial charge in [0.05, 0.1) is 6.61 Å². The summed E-state index contributed by atoms with van der Waals surface area (Å²) in [6, 6.07) is 10.4. The molecule has 3 heteroatoms. The molecular formula is C12H16NO2. The van der Waals surface area contributed by atoms with Crippen LogP contribution in [0.15, 0.2) is 24.3 Å². The van der Waals surface area contributed by atoms with E-state index < -0.39 is 0 Å². The number of carbonyl (C=O) groups excluding carboxylic acids is 1. The van der Waals surface area contributed by atoms with Crippen molar-refractivity contribution in [2.45, 2.75) is 26.3 Å². The summed E-state index contributed by atoms with van der Waals surface area (Å²) in [7, 11) is 0. The zero-order valence-electron chi connectivity index (χ0n) is 8.95. The number of unbranched alkanes of at least 4 members (excludes halogenated alkanes) is 1. The Kier molecular flexibility index (Phi) is 5.30. The molecule has 1 aromatic carbocycles. The highest BCUT2D eigenvalue weighted by Crippen LogP contribution is 1.97. The number of carbonyl (C=O) groups is 1. The van der Waals surface area contributed by atoms with E-state index in [9.17, 15) is 4.79 Å². The van der Waals surface area contributed by atoms with E-state index in [1.165, 1.54) is 0 Å². The summed E-state index contributed by atoms with van der Waals surface area (Å²) in [6.07, 6.45) is 1.59. The third-order valence-electron chi connectivity index (χ3n) is 1.96. The maximum Gasteiger partial charge on any atom is 0.407 e. The lowest BCUT2D eigenvalue weighted by atomic mass is 10.2. The average Bonchev–Trinajstić information content (AvgIpc) is 2.28. The Morgan fingerprint density at radius 2 is 2.20 bits per heavy atom. The van der Waals surface area contributed by atoms with Gasteiger partial charge in [0.25, 0.3) is 0 Å². The Morgan fingerprint density at radius 1 is 1.47 bits per heavy atom. The quantitative estimate of drug-likeness (QED) is 0.752. The molecule has 1 aromatic rings. The fraction of sp³-hybridized carbons (Fsp3) is 0.417. The van der Waals surface area contributed by atoms with Gasteiger partial charge in [0, 0.05) is 6.54 Å². The molecule has 0 fully saturated rings. The third kappa shape index (κ3) is 5.05. The first-order chi connectivity index (χ1) is 7.33. The van der Waals surface area contributed by atoms with Crippen LogP contribution in [0.3, 0.4) is 0 Å². The fourth-order valence-electron chi connectivity index (χ4n) is 1.07. The molecule has 0 bridgehead atoms. The lowest BCUT2D eigenvalue weighted by Gasteiger charge is -2.06. The molecular weight excluding hydrogens is 190 g/mol. The van der Waals surface area contributed by atoms with Gasteiger partial charge in [-0.2, -0.15) is 0 Å². The van der Waals surface area contributed by atoms with Gasteiger partial charge in [-0.05, 0) is 18.1 Å². The van der Waals surface area contributed by atoms with Crippen LogP contribution in [-0.4, -0.2) is 12.7 Å². The molecule has 0 unspecified atom stereocenters. The van der Waals surface area contributed by atoms with Crippen molar-refractivity contribution in [1.29, 1.82) is 0 Å². The molecule has 15 heavy (non-hydrogen) atoms. The number of amides is 1. The molecule has 0 aromatic heterocycles. The zero-order chi connectivity index (χ0) is 10.9. The highest BCUT2D eigenvalue weighted by Gasteiger charge is 2.00. The summed E-state index contributed by atoms with van der Waals surface area (Å²) in [5.41, 5.74) is 1.04. The number of benzene rings is 1. The highest BCUT2D eigenvalue weighted by atomic mass is 16.5. The van der Waals surface area contributed by atoms with Crippen molar-refractivity contribution in [2.24, 2.45) is 0 Å². The Bertz CT molecular complexity index is 285. The molecule has 1 radical (unpaired) electrons. The first-order valence-electron chi connectivity index (χ1n) is 5.18. The van der Waals surface area contributed by atoms with Crippen LogP contribution < -0.4 is 5.32 Å². The van der Waals surface area contributed by atoms with Crippen molar-refractivity contribution in [3.63, 3.8) is 0 Å².